The van der Waals surface area contributed by atoms with Gasteiger partial charge in [-0.15, -0.1) is 0 Å². The Hall–Kier alpha value is -1.96. The highest BCUT2D eigenvalue weighted by Crippen LogP contribution is 2.35. The number of fused-ring (bicyclic) bond motifs is 3. The van der Waals surface area contributed by atoms with Crippen molar-refractivity contribution in [3.8, 4) is 11.3 Å². The van der Waals surface area contributed by atoms with E-state index in [1.807, 2.05) is 12.1 Å². The molecule has 0 atom stereocenters. The van der Waals surface area contributed by atoms with Crippen LogP contribution in [0.2, 0.25) is 0 Å². The van der Waals surface area contributed by atoms with E-state index in [1.165, 1.54) is 5.56 Å². The summed E-state index contributed by atoms with van der Waals surface area (Å²) in [6, 6.07) is 9.94. The summed E-state index contributed by atoms with van der Waals surface area (Å²) in [5, 5.41) is 0. The van der Waals surface area contributed by atoms with Crippen LogP contribution < -0.4 is 0 Å². The molecule has 0 saturated heterocycles. The average molecular weight is 195 g/mol. The van der Waals surface area contributed by atoms with Gasteiger partial charge < -0.3 is 0 Å². The van der Waals surface area contributed by atoms with Crippen molar-refractivity contribution >= 4 is 6.29 Å². The van der Waals surface area contributed by atoms with Crippen LogP contribution in [0.1, 0.15) is 21.5 Å². The molecule has 0 aliphatic heterocycles. The largest absolute Gasteiger partial charge is 0.298 e. The van der Waals surface area contributed by atoms with E-state index in [2.05, 4.69) is 17.1 Å². The maximum absolute atomic E-state index is 10.9. The van der Waals surface area contributed by atoms with Gasteiger partial charge in [0.25, 0.3) is 0 Å². The van der Waals surface area contributed by atoms with Crippen LogP contribution in [0.3, 0.4) is 0 Å². The maximum Gasteiger partial charge on any atom is 0.150 e. The summed E-state index contributed by atoms with van der Waals surface area (Å²) < 4.78 is 0. The van der Waals surface area contributed by atoms with Gasteiger partial charge in [0, 0.05) is 23.7 Å². The maximum atomic E-state index is 10.9. The fourth-order valence-electron chi connectivity index (χ4n) is 2.13. The van der Waals surface area contributed by atoms with Gasteiger partial charge in [0.2, 0.25) is 0 Å². The predicted molar refractivity (Wildman–Crippen MR) is 57.9 cm³/mol. The predicted octanol–water partition coefficient (Wildman–Crippen LogP) is 2.47. The molecular weight excluding hydrogens is 186 g/mol. The molecule has 2 nitrogen and oxygen atoms in total. The van der Waals surface area contributed by atoms with Gasteiger partial charge in [0.1, 0.15) is 6.29 Å². The van der Waals surface area contributed by atoms with E-state index in [0.29, 0.717) is 0 Å². The van der Waals surface area contributed by atoms with Gasteiger partial charge in [-0.2, -0.15) is 0 Å². The molecule has 2 heteroatoms. The first-order valence-corrected chi connectivity index (χ1v) is 4.91. The zero-order valence-electron chi connectivity index (χ0n) is 8.10. The van der Waals surface area contributed by atoms with E-state index in [0.717, 1.165) is 35.1 Å². The number of nitrogens with zero attached hydrogens (tertiary/aromatic N) is 1. The molecule has 0 radical (unpaired) electrons. The zero-order valence-corrected chi connectivity index (χ0v) is 8.10. The number of pyridine rings is 1. The Bertz CT molecular complexity index is 546. The molecule has 0 unspecified atom stereocenters. The summed E-state index contributed by atoms with van der Waals surface area (Å²) in [5.74, 6) is 0. The molecule has 1 aliphatic carbocycles. The number of carbonyl (C=O) groups excluding carboxylic acids is 1. The Morgan fingerprint density at radius 3 is 2.93 bits per heavy atom. The summed E-state index contributed by atoms with van der Waals surface area (Å²) in [6.07, 6.45) is 3.43. The minimum atomic E-state index is 0.760. The lowest BCUT2D eigenvalue weighted by Crippen LogP contribution is -1.91. The number of aldehydes is 1. The standard InChI is InChI=1S/C13H9NO/c15-8-10-5-6-14-13-11-4-2-1-3-9(11)7-12(10)13/h1-6,8H,7H2. The number of aromatic nitrogens is 1. The highest BCUT2D eigenvalue weighted by Gasteiger charge is 2.21. The first kappa shape index (κ1) is 8.36. The van der Waals surface area contributed by atoms with Crippen molar-refractivity contribution in [1.82, 2.24) is 4.98 Å². The molecule has 0 bridgehead atoms. The fraction of sp³-hybridized carbons (Fsp3) is 0.0769. The highest BCUT2D eigenvalue weighted by molar-refractivity contribution is 5.85. The molecule has 15 heavy (non-hydrogen) atoms. The minimum Gasteiger partial charge on any atom is -0.298 e. The van der Waals surface area contributed by atoms with Gasteiger partial charge in [0.05, 0.1) is 5.69 Å². The molecule has 1 heterocycles. The van der Waals surface area contributed by atoms with Crippen LogP contribution >= 0.6 is 0 Å². The number of benzene rings is 1. The second-order valence-electron chi connectivity index (χ2n) is 3.68. The Morgan fingerprint density at radius 2 is 2.07 bits per heavy atom. The zero-order chi connectivity index (χ0) is 10.3. The average Bonchev–Trinajstić information content (AvgIpc) is 2.67. The number of carbonyl (C=O) groups is 1. The van der Waals surface area contributed by atoms with E-state index >= 15 is 0 Å². The van der Waals surface area contributed by atoms with Gasteiger partial charge in [-0.25, -0.2) is 0 Å². The van der Waals surface area contributed by atoms with Gasteiger partial charge >= 0.3 is 0 Å². The molecular formula is C13H9NO. The van der Waals surface area contributed by atoms with E-state index in [-0.39, 0.29) is 0 Å². The van der Waals surface area contributed by atoms with E-state index < -0.39 is 0 Å². The van der Waals surface area contributed by atoms with Crippen molar-refractivity contribution in [2.45, 2.75) is 6.42 Å². The molecule has 0 N–H and O–H groups in total. The topological polar surface area (TPSA) is 30.0 Å². The Kier molecular flexibility index (Phi) is 1.68. The summed E-state index contributed by atoms with van der Waals surface area (Å²) in [4.78, 5) is 15.2. The van der Waals surface area contributed by atoms with E-state index in [1.54, 1.807) is 12.3 Å². The van der Waals surface area contributed by atoms with E-state index in [4.69, 9.17) is 0 Å². The number of rotatable bonds is 1. The van der Waals surface area contributed by atoms with Crippen LogP contribution in [0, 0.1) is 0 Å². The molecule has 1 aromatic carbocycles. The quantitative estimate of drug-likeness (QED) is 0.558. The first-order chi connectivity index (χ1) is 7.40. The van der Waals surface area contributed by atoms with Crippen molar-refractivity contribution in [1.29, 1.82) is 0 Å². The van der Waals surface area contributed by atoms with Crippen molar-refractivity contribution in [3.05, 3.63) is 53.2 Å². The van der Waals surface area contributed by atoms with Crippen LogP contribution in [-0.4, -0.2) is 11.3 Å². The first-order valence-electron chi connectivity index (χ1n) is 4.91. The molecule has 1 aromatic heterocycles. The monoisotopic (exact) mass is 195 g/mol. The number of hydrogen-bond acceptors (Lipinski definition) is 2. The van der Waals surface area contributed by atoms with Gasteiger partial charge in [-0.1, -0.05) is 24.3 Å². The summed E-state index contributed by atoms with van der Waals surface area (Å²) in [6.45, 7) is 0. The van der Waals surface area contributed by atoms with Crippen LogP contribution in [-0.2, 0) is 6.42 Å². The third-order valence-corrected chi connectivity index (χ3v) is 2.86. The Balaban J connectivity index is 2.30. The van der Waals surface area contributed by atoms with Crippen LogP contribution in [0.25, 0.3) is 11.3 Å². The van der Waals surface area contributed by atoms with Crippen LogP contribution in [0.5, 0.6) is 0 Å². The SMILES string of the molecule is O=Cc1ccnc2c1Cc1ccccc1-2. The second-order valence-corrected chi connectivity index (χ2v) is 3.68. The van der Waals surface area contributed by atoms with Gasteiger partial charge in [0.15, 0.2) is 0 Å². The summed E-state index contributed by atoms with van der Waals surface area (Å²) >= 11 is 0. The second kappa shape index (κ2) is 3.02. The van der Waals surface area contributed by atoms with E-state index in [9.17, 15) is 4.79 Å². The molecule has 0 fully saturated rings. The third kappa shape index (κ3) is 1.11. The summed E-state index contributed by atoms with van der Waals surface area (Å²) in [5.41, 5.74) is 5.21. The minimum absolute atomic E-state index is 0.760. The lowest BCUT2D eigenvalue weighted by molar-refractivity contribution is 0.112. The molecule has 1 aliphatic rings. The van der Waals surface area contributed by atoms with Crippen molar-refractivity contribution in [3.63, 3.8) is 0 Å². The van der Waals surface area contributed by atoms with Crippen molar-refractivity contribution in [2.24, 2.45) is 0 Å². The summed E-state index contributed by atoms with van der Waals surface area (Å²) in [7, 11) is 0. The smallest absolute Gasteiger partial charge is 0.150 e. The molecule has 0 saturated carbocycles. The highest BCUT2D eigenvalue weighted by atomic mass is 16.1. The van der Waals surface area contributed by atoms with Gasteiger partial charge in [-0.05, 0) is 17.2 Å². The molecule has 0 spiro atoms. The Morgan fingerprint density at radius 1 is 1.20 bits per heavy atom. The molecule has 3 rings (SSSR count). The van der Waals surface area contributed by atoms with Crippen molar-refractivity contribution < 1.29 is 4.79 Å². The van der Waals surface area contributed by atoms with Crippen molar-refractivity contribution in [2.75, 3.05) is 0 Å². The number of hydrogen-bond donors (Lipinski definition) is 0. The molecule has 0 amide bonds. The fourth-order valence-corrected chi connectivity index (χ4v) is 2.13. The lowest BCUT2D eigenvalue weighted by atomic mass is 10.1. The Labute approximate surface area is 87.6 Å². The molecule has 72 valence electrons. The third-order valence-electron chi connectivity index (χ3n) is 2.86. The van der Waals surface area contributed by atoms with Crippen LogP contribution in [0.15, 0.2) is 36.5 Å². The lowest BCUT2D eigenvalue weighted by Gasteiger charge is -2.00. The molecule has 2 aromatic rings. The normalized spacial score (nSPS) is 12.0. The van der Waals surface area contributed by atoms with Gasteiger partial charge in [-0.3, -0.25) is 9.78 Å². The van der Waals surface area contributed by atoms with Crippen LogP contribution in [0.4, 0.5) is 0 Å².